The lowest BCUT2D eigenvalue weighted by atomic mass is 10.2. The maximum Gasteiger partial charge on any atom is 0.360 e. The van der Waals surface area contributed by atoms with Gasteiger partial charge < -0.3 is 9.15 Å². The fraction of sp³-hybridized carbons (Fsp3) is 0.429. The molecular formula is C14H17NO3S. The Morgan fingerprint density at radius 1 is 1.47 bits per heavy atom. The summed E-state index contributed by atoms with van der Waals surface area (Å²) in [6, 6.07) is 3.86. The highest BCUT2D eigenvalue weighted by molar-refractivity contribution is 7.13. The minimum atomic E-state index is -0.403. The first-order valence-electron chi connectivity index (χ1n) is 6.47. The Labute approximate surface area is 116 Å². The summed E-state index contributed by atoms with van der Waals surface area (Å²) in [4.78, 5) is 17.1. The van der Waals surface area contributed by atoms with E-state index in [1.165, 1.54) is 11.3 Å². The molecule has 0 amide bonds. The Balaban J connectivity index is 2.30. The van der Waals surface area contributed by atoms with Crippen molar-refractivity contribution in [3.8, 4) is 10.8 Å². The molecule has 2 rings (SSSR count). The average molecular weight is 279 g/mol. The number of esters is 1. The number of ether oxygens (including phenoxy) is 1. The molecule has 0 aliphatic heterocycles. The van der Waals surface area contributed by atoms with E-state index in [-0.39, 0.29) is 0 Å². The van der Waals surface area contributed by atoms with Crippen LogP contribution in [0.2, 0.25) is 0 Å². The van der Waals surface area contributed by atoms with Crippen molar-refractivity contribution >= 4 is 17.3 Å². The molecule has 0 bridgehead atoms. The number of oxazole rings is 1. The van der Waals surface area contributed by atoms with Crippen LogP contribution in [0, 0.1) is 0 Å². The maximum atomic E-state index is 11.9. The number of hydrogen-bond acceptors (Lipinski definition) is 5. The van der Waals surface area contributed by atoms with Crippen LogP contribution in [-0.2, 0) is 11.2 Å². The first kappa shape index (κ1) is 13.8. The van der Waals surface area contributed by atoms with Crippen LogP contribution >= 0.6 is 11.3 Å². The molecule has 0 aliphatic rings. The van der Waals surface area contributed by atoms with E-state index in [2.05, 4.69) is 11.9 Å². The van der Waals surface area contributed by atoms with E-state index in [9.17, 15) is 4.79 Å². The molecule has 102 valence electrons. The quantitative estimate of drug-likeness (QED) is 0.752. The van der Waals surface area contributed by atoms with Crippen molar-refractivity contribution < 1.29 is 13.9 Å². The molecule has 2 heterocycles. The molecular weight excluding hydrogens is 262 g/mol. The second-order valence-electron chi connectivity index (χ2n) is 4.09. The van der Waals surface area contributed by atoms with Crippen LogP contribution in [-0.4, -0.2) is 17.6 Å². The zero-order chi connectivity index (χ0) is 13.7. The molecule has 0 N–H and O–H groups in total. The fourth-order valence-electron chi connectivity index (χ4n) is 1.72. The van der Waals surface area contributed by atoms with Gasteiger partial charge in [0.25, 0.3) is 0 Å². The van der Waals surface area contributed by atoms with Crippen molar-refractivity contribution in [2.45, 2.75) is 33.1 Å². The molecule has 4 nitrogen and oxygen atoms in total. The number of thiophene rings is 1. The Morgan fingerprint density at radius 2 is 2.32 bits per heavy atom. The first-order valence-corrected chi connectivity index (χ1v) is 7.34. The van der Waals surface area contributed by atoms with E-state index >= 15 is 0 Å². The molecule has 0 aliphatic carbocycles. The minimum absolute atomic E-state index is 0.318. The average Bonchev–Trinajstić information content (AvgIpc) is 3.05. The summed E-state index contributed by atoms with van der Waals surface area (Å²) in [5.41, 5.74) is 0.318. The van der Waals surface area contributed by atoms with Crippen LogP contribution in [0.15, 0.2) is 21.9 Å². The van der Waals surface area contributed by atoms with E-state index < -0.39 is 5.97 Å². The van der Waals surface area contributed by atoms with E-state index in [0.29, 0.717) is 30.4 Å². The number of carbonyl (C=O) groups is 1. The molecule has 2 aromatic heterocycles. The molecule has 0 saturated heterocycles. The number of nitrogens with zero attached hydrogens (tertiary/aromatic N) is 1. The van der Waals surface area contributed by atoms with Gasteiger partial charge in [0.05, 0.1) is 11.5 Å². The second kappa shape index (κ2) is 6.52. The van der Waals surface area contributed by atoms with Gasteiger partial charge in [0.2, 0.25) is 5.89 Å². The summed E-state index contributed by atoms with van der Waals surface area (Å²) in [5.74, 6) is 0.730. The largest absolute Gasteiger partial charge is 0.461 e. The van der Waals surface area contributed by atoms with Crippen molar-refractivity contribution in [2.75, 3.05) is 6.61 Å². The number of aryl methyl sites for hydroxylation is 1. The van der Waals surface area contributed by atoms with E-state index in [4.69, 9.17) is 9.15 Å². The zero-order valence-corrected chi connectivity index (χ0v) is 12.0. The molecule has 0 aromatic carbocycles. The van der Waals surface area contributed by atoms with Gasteiger partial charge in [-0.15, -0.1) is 11.3 Å². The summed E-state index contributed by atoms with van der Waals surface area (Å²) in [5, 5.41) is 1.95. The van der Waals surface area contributed by atoms with Gasteiger partial charge in [0.15, 0.2) is 5.69 Å². The van der Waals surface area contributed by atoms with Gasteiger partial charge in [-0.1, -0.05) is 19.4 Å². The summed E-state index contributed by atoms with van der Waals surface area (Å²) in [6.45, 7) is 4.22. The molecule has 0 radical (unpaired) electrons. The molecule has 5 heteroatoms. The van der Waals surface area contributed by atoms with Crippen molar-refractivity contribution in [1.82, 2.24) is 4.98 Å². The van der Waals surface area contributed by atoms with Crippen molar-refractivity contribution in [2.24, 2.45) is 0 Å². The topological polar surface area (TPSA) is 52.3 Å². The normalized spacial score (nSPS) is 10.6. The summed E-state index contributed by atoms with van der Waals surface area (Å²) in [6.07, 6.45) is 2.71. The standard InChI is InChI=1S/C14H17NO3S/c1-3-5-7-10-12(14(16)17-4-2)15-13(18-10)11-8-6-9-19-11/h6,8-9H,3-5,7H2,1-2H3. The Morgan fingerprint density at radius 3 is 2.95 bits per heavy atom. The van der Waals surface area contributed by atoms with Crippen LogP contribution in [0.5, 0.6) is 0 Å². The highest BCUT2D eigenvalue weighted by atomic mass is 32.1. The van der Waals surface area contributed by atoms with Gasteiger partial charge in [-0.3, -0.25) is 0 Å². The molecule has 0 spiro atoms. The third-order valence-electron chi connectivity index (χ3n) is 2.66. The Bertz CT molecular complexity index is 531. The highest BCUT2D eigenvalue weighted by Gasteiger charge is 2.21. The lowest BCUT2D eigenvalue weighted by Gasteiger charge is -1.99. The van der Waals surface area contributed by atoms with Crippen LogP contribution < -0.4 is 0 Å². The van der Waals surface area contributed by atoms with E-state index in [1.807, 2.05) is 17.5 Å². The number of rotatable bonds is 6. The summed E-state index contributed by atoms with van der Waals surface area (Å²) in [7, 11) is 0. The van der Waals surface area contributed by atoms with Gasteiger partial charge in [0, 0.05) is 6.42 Å². The van der Waals surface area contributed by atoms with Crippen LogP contribution in [0.1, 0.15) is 42.9 Å². The first-order chi connectivity index (χ1) is 9.26. The van der Waals surface area contributed by atoms with Crippen molar-refractivity contribution in [1.29, 1.82) is 0 Å². The maximum absolute atomic E-state index is 11.9. The van der Waals surface area contributed by atoms with Gasteiger partial charge in [-0.25, -0.2) is 9.78 Å². The number of carbonyl (C=O) groups excluding carboxylic acids is 1. The van der Waals surface area contributed by atoms with Gasteiger partial charge in [0.1, 0.15) is 5.76 Å². The molecule has 19 heavy (non-hydrogen) atoms. The number of aromatic nitrogens is 1. The molecule has 0 unspecified atom stereocenters. The minimum Gasteiger partial charge on any atom is -0.461 e. The van der Waals surface area contributed by atoms with Crippen molar-refractivity contribution in [3.63, 3.8) is 0 Å². The van der Waals surface area contributed by atoms with E-state index in [1.54, 1.807) is 6.92 Å². The van der Waals surface area contributed by atoms with Crippen molar-refractivity contribution in [3.05, 3.63) is 29.0 Å². The Hall–Kier alpha value is -1.62. The van der Waals surface area contributed by atoms with Gasteiger partial charge >= 0.3 is 5.97 Å². The summed E-state index contributed by atoms with van der Waals surface area (Å²) >= 11 is 1.54. The smallest absolute Gasteiger partial charge is 0.360 e. The van der Waals surface area contributed by atoms with Crippen LogP contribution in [0.25, 0.3) is 10.8 Å². The number of unbranched alkanes of at least 4 members (excludes halogenated alkanes) is 1. The highest BCUT2D eigenvalue weighted by Crippen LogP contribution is 2.27. The number of hydrogen-bond donors (Lipinski definition) is 0. The van der Waals surface area contributed by atoms with E-state index in [0.717, 1.165) is 17.7 Å². The third-order valence-corrected chi connectivity index (χ3v) is 3.51. The monoisotopic (exact) mass is 279 g/mol. The Kier molecular flexibility index (Phi) is 4.74. The lowest BCUT2D eigenvalue weighted by Crippen LogP contribution is -2.07. The SMILES string of the molecule is CCCCc1oc(-c2cccs2)nc1C(=O)OCC. The lowest BCUT2D eigenvalue weighted by molar-refractivity contribution is 0.0517. The van der Waals surface area contributed by atoms with Gasteiger partial charge in [-0.2, -0.15) is 0 Å². The predicted octanol–water partition coefficient (Wildman–Crippen LogP) is 3.92. The third kappa shape index (κ3) is 3.23. The summed E-state index contributed by atoms with van der Waals surface area (Å²) < 4.78 is 10.7. The molecule has 2 aromatic rings. The fourth-order valence-corrected chi connectivity index (χ4v) is 2.37. The van der Waals surface area contributed by atoms with Crippen LogP contribution in [0.4, 0.5) is 0 Å². The van der Waals surface area contributed by atoms with Gasteiger partial charge in [-0.05, 0) is 24.8 Å². The second-order valence-corrected chi connectivity index (χ2v) is 5.04. The predicted molar refractivity (Wildman–Crippen MR) is 74.4 cm³/mol. The zero-order valence-electron chi connectivity index (χ0n) is 11.1. The van der Waals surface area contributed by atoms with Crippen LogP contribution in [0.3, 0.4) is 0 Å². The molecule has 0 fully saturated rings. The molecule has 0 saturated carbocycles. The molecule has 0 atom stereocenters.